The maximum Gasteiger partial charge on any atom is 0.159 e. The minimum absolute atomic E-state index is 0.791. The van der Waals surface area contributed by atoms with E-state index in [1.54, 1.807) is 23.7 Å². The van der Waals surface area contributed by atoms with Gasteiger partial charge in [0, 0.05) is 28.2 Å². The zero-order valence-corrected chi connectivity index (χ0v) is 8.66. The highest BCUT2D eigenvalue weighted by molar-refractivity contribution is 7.11. The van der Waals surface area contributed by atoms with Crippen LogP contribution in [0.4, 0.5) is 0 Å². The van der Waals surface area contributed by atoms with Gasteiger partial charge in [0.25, 0.3) is 0 Å². The summed E-state index contributed by atoms with van der Waals surface area (Å²) in [5, 5.41) is 2.07. The summed E-state index contributed by atoms with van der Waals surface area (Å²) in [4.78, 5) is 9.62. The molecular weight excluding hydrogens is 192 g/mol. The molecule has 2 aromatic rings. The van der Waals surface area contributed by atoms with E-state index < -0.39 is 0 Å². The molecule has 0 atom stereocenters. The van der Waals surface area contributed by atoms with Gasteiger partial charge in [-0.15, -0.1) is 11.3 Å². The van der Waals surface area contributed by atoms with Gasteiger partial charge in [-0.2, -0.15) is 0 Å². The molecule has 2 heterocycles. The Bertz CT molecular complexity index is 432. The molecule has 2 nitrogen and oxygen atoms in total. The lowest BCUT2D eigenvalue weighted by Gasteiger charge is -1.91. The summed E-state index contributed by atoms with van der Waals surface area (Å²) in [6.45, 7) is 2.01. The first-order valence-electron chi connectivity index (χ1n) is 4.39. The summed E-state index contributed by atoms with van der Waals surface area (Å²) in [7, 11) is 0. The molecule has 0 fully saturated rings. The fourth-order valence-electron chi connectivity index (χ4n) is 1.17. The third-order valence-corrected chi connectivity index (χ3v) is 2.67. The van der Waals surface area contributed by atoms with Gasteiger partial charge in [-0.3, -0.25) is 0 Å². The van der Waals surface area contributed by atoms with E-state index in [4.69, 9.17) is 0 Å². The van der Waals surface area contributed by atoms with Crippen LogP contribution in [0, 0.1) is 0 Å². The van der Waals surface area contributed by atoms with Crippen molar-refractivity contribution in [2.75, 3.05) is 0 Å². The van der Waals surface area contributed by atoms with Gasteiger partial charge in [-0.1, -0.05) is 6.08 Å². The van der Waals surface area contributed by atoms with E-state index in [0.29, 0.717) is 0 Å². The van der Waals surface area contributed by atoms with Crippen molar-refractivity contribution < 1.29 is 0 Å². The SMILES string of the molecule is C/C=C/c1cc(-c2ncccn2)cs1. The topological polar surface area (TPSA) is 25.8 Å². The van der Waals surface area contributed by atoms with Crippen molar-refractivity contribution in [2.45, 2.75) is 6.92 Å². The molecule has 0 saturated heterocycles. The zero-order valence-electron chi connectivity index (χ0n) is 7.84. The van der Waals surface area contributed by atoms with E-state index in [0.717, 1.165) is 11.4 Å². The molecule has 3 heteroatoms. The van der Waals surface area contributed by atoms with Crippen LogP contribution in [-0.4, -0.2) is 9.97 Å². The number of nitrogens with zero attached hydrogens (tertiary/aromatic N) is 2. The van der Waals surface area contributed by atoms with Crippen molar-refractivity contribution in [3.05, 3.63) is 40.9 Å². The molecule has 0 amide bonds. The first-order valence-corrected chi connectivity index (χ1v) is 5.27. The highest BCUT2D eigenvalue weighted by Crippen LogP contribution is 2.23. The minimum atomic E-state index is 0.791. The van der Waals surface area contributed by atoms with Gasteiger partial charge in [0.1, 0.15) is 0 Å². The molecule has 0 aliphatic heterocycles. The predicted molar refractivity (Wildman–Crippen MR) is 60.1 cm³/mol. The summed E-state index contributed by atoms with van der Waals surface area (Å²) in [6.07, 6.45) is 7.63. The summed E-state index contributed by atoms with van der Waals surface area (Å²) in [5.41, 5.74) is 1.09. The molecular formula is C11H10N2S. The van der Waals surface area contributed by atoms with Crippen LogP contribution in [0.5, 0.6) is 0 Å². The molecule has 70 valence electrons. The summed E-state index contributed by atoms with van der Waals surface area (Å²) < 4.78 is 0. The van der Waals surface area contributed by atoms with Crippen LogP contribution in [0.15, 0.2) is 36.0 Å². The van der Waals surface area contributed by atoms with E-state index in [1.165, 1.54) is 4.88 Å². The maximum atomic E-state index is 4.19. The van der Waals surface area contributed by atoms with E-state index in [1.807, 2.05) is 19.1 Å². The molecule has 14 heavy (non-hydrogen) atoms. The Balaban J connectivity index is 2.34. The van der Waals surface area contributed by atoms with Gasteiger partial charge in [-0.05, 0) is 25.1 Å². The van der Waals surface area contributed by atoms with Crippen LogP contribution in [0.3, 0.4) is 0 Å². The van der Waals surface area contributed by atoms with Crippen molar-refractivity contribution in [1.29, 1.82) is 0 Å². The molecule has 0 spiro atoms. The van der Waals surface area contributed by atoms with Crippen LogP contribution < -0.4 is 0 Å². The van der Waals surface area contributed by atoms with Crippen molar-refractivity contribution in [3.63, 3.8) is 0 Å². The number of allylic oxidation sites excluding steroid dienone is 1. The molecule has 0 aromatic carbocycles. The number of hydrogen-bond acceptors (Lipinski definition) is 3. The summed E-state index contributed by atoms with van der Waals surface area (Å²) in [6, 6.07) is 3.92. The number of hydrogen-bond donors (Lipinski definition) is 0. The maximum absolute atomic E-state index is 4.19. The third-order valence-electron chi connectivity index (χ3n) is 1.77. The minimum Gasteiger partial charge on any atom is -0.237 e. The highest BCUT2D eigenvalue weighted by Gasteiger charge is 2.01. The average molecular weight is 202 g/mol. The Morgan fingerprint density at radius 2 is 2.07 bits per heavy atom. The Morgan fingerprint density at radius 1 is 1.29 bits per heavy atom. The van der Waals surface area contributed by atoms with Gasteiger partial charge in [0.15, 0.2) is 5.82 Å². The zero-order chi connectivity index (χ0) is 9.80. The Hall–Kier alpha value is -1.48. The Morgan fingerprint density at radius 3 is 2.79 bits per heavy atom. The summed E-state index contributed by atoms with van der Waals surface area (Å²) in [5.74, 6) is 0.791. The highest BCUT2D eigenvalue weighted by atomic mass is 32.1. The molecule has 0 unspecified atom stereocenters. The van der Waals surface area contributed by atoms with Crippen LogP contribution in [0.1, 0.15) is 11.8 Å². The van der Waals surface area contributed by atoms with Crippen LogP contribution in [-0.2, 0) is 0 Å². The lowest BCUT2D eigenvalue weighted by atomic mass is 10.3. The molecule has 0 radical (unpaired) electrons. The fourth-order valence-corrected chi connectivity index (χ4v) is 2.02. The summed E-state index contributed by atoms with van der Waals surface area (Å²) >= 11 is 1.70. The van der Waals surface area contributed by atoms with Crippen LogP contribution in [0.25, 0.3) is 17.5 Å². The Kier molecular flexibility index (Phi) is 2.70. The first-order chi connectivity index (χ1) is 6.90. The lowest BCUT2D eigenvalue weighted by Crippen LogP contribution is -1.83. The third kappa shape index (κ3) is 1.88. The Labute approximate surface area is 87.0 Å². The van der Waals surface area contributed by atoms with E-state index in [2.05, 4.69) is 27.5 Å². The standard InChI is InChI=1S/C11H10N2S/c1-2-4-10-7-9(8-14-10)11-12-5-3-6-13-11/h2-8H,1H3/b4-2+. The van der Waals surface area contributed by atoms with Gasteiger partial charge in [0.05, 0.1) is 0 Å². The van der Waals surface area contributed by atoms with Gasteiger partial charge in [-0.25, -0.2) is 9.97 Å². The van der Waals surface area contributed by atoms with E-state index in [9.17, 15) is 0 Å². The molecule has 0 saturated carbocycles. The molecule has 0 bridgehead atoms. The monoisotopic (exact) mass is 202 g/mol. The number of aromatic nitrogens is 2. The van der Waals surface area contributed by atoms with Gasteiger partial charge in [0.2, 0.25) is 0 Å². The van der Waals surface area contributed by atoms with Crippen molar-refractivity contribution in [3.8, 4) is 11.4 Å². The quantitative estimate of drug-likeness (QED) is 0.747. The molecule has 0 aliphatic carbocycles. The molecule has 0 N–H and O–H groups in total. The van der Waals surface area contributed by atoms with Gasteiger partial charge < -0.3 is 0 Å². The fraction of sp³-hybridized carbons (Fsp3) is 0.0909. The normalized spacial score (nSPS) is 10.9. The second-order valence-corrected chi connectivity index (χ2v) is 3.75. The van der Waals surface area contributed by atoms with Crippen molar-refractivity contribution in [1.82, 2.24) is 9.97 Å². The molecule has 2 aromatic heterocycles. The van der Waals surface area contributed by atoms with E-state index in [-0.39, 0.29) is 0 Å². The van der Waals surface area contributed by atoms with Gasteiger partial charge >= 0.3 is 0 Å². The largest absolute Gasteiger partial charge is 0.237 e. The molecule has 0 aliphatic rings. The second kappa shape index (κ2) is 4.15. The predicted octanol–water partition coefficient (Wildman–Crippen LogP) is 3.24. The molecule has 2 rings (SSSR count). The van der Waals surface area contributed by atoms with Crippen LogP contribution >= 0.6 is 11.3 Å². The lowest BCUT2D eigenvalue weighted by molar-refractivity contribution is 1.18. The van der Waals surface area contributed by atoms with E-state index >= 15 is 0 Å². The first kappa shape index (κ1) is 9.09. The second-order valence-electron chi connectivity index (χ2n) is 2.81. The average Bonchev–Trinajstić information content (AvgIpc) is 2.68. The smallest absolute Gasteiger partial charge is 0.159 e. The van der Waals surface area contributed by atoms with Crippen LogP contribution in [0.2, 0.25) is 0 Å². The van der Waals surface area contributed by atoms with Crippen molar-refractivity contribution in [2.24, 2.45) is 0 Å². The number of thiophene rings is 1. The number of rotatable bonds is 2. The van der Waals surface area contributed by atoms with Crippen molar-refractivity contribution >= 4 is 17.4 Å².